The predicted octanol–water partition coefficient (Wildman–Crippen LogP) is 3.26. The maximum Gasteiger partial charge on any atom is 0.407 e. The Balaban J connectivity index is 1.55. The second kappa shape index (κ2) is 9.93. The number of alkyl carbamates (subject to hydrolysis) is 1. The lowest BCUT2D eigenvalue weighted by Crippen LogP contribution is -2.42. The van der Waals surface area contributed by atoms with Crippen molar-refractivity contribution in [1.82, 2.24) is 10.2 Å². The molecule has 2 amide bonds. The smallest absolute Gasteiger partial charge is 0.407 e. The molecule has 3 rings (SSSR count). The summed E-state index contributed by atoms with van der Waals surface area (Å²) in [6.45, 7) is 5.11. The summed E-state index contributed by atoms with van der Waals surface area (Å²) in [6.07, 6.45) is 0.849. The van der Waals surface area contributed by atoms with Crippen LogP contribution in [0, 0.1) is 5.92 Å². The fourth-order valence-corrected chi connectivity index (χ4v) is 3.84. The number of hydrogen-bond donors (Lipinski definition) is 2. The maximum atomic E-state index is 12.4. The zero-order valence-corrected chi connectivity index (χ0v) is 17.4. The van der Waals surface area contributed by atoms with E-state index >= 15 is 0 Å². The molecule has 1 aliphatic carbocycles. The number of carbonyl (C=O) groups is 3. The van der Waals surface area contributed by atoms with Gasteiger partial charge in [0.2, 0.25) is 5.91 Å². The summed E-state index contributed by atoms with van der Waals surface area (Å²) >= 11 is 0. The van der Waals surface area contributed by atoms with Crippen molar-refractivity contribution in [3.63, 3.8) is 0 Å². The molecule has 1 unspecified atom stereocenters. The van der Waals surface area contributed by atoms with E-state index < -0.39 is 24.5 Å². The summed E-state index contributed by atoms with van der Waals surface area (Å²) in [4.78, 5) is 36.8. The first-order valence-corrected chi connectivity index (χ1v) is 10.1. The standard InChI is InChI=1S/C24H26N2O5/c1-3-12-26(14-22(27)28)23(29)16(2)13-25-24(30)31-15-21-19-10-6-4-8-17(19)18-9-5-7-11-20(18)21/h3-11,16,21H,1,12-15H2,2H3,(H,25,30)(H,27,28). The number of carboxylic acids is 1. The fraction of sp³-hybridized carbons (Fsp3) is 0.292. The zero-order chi connectivity index (χ0) is 22.4. The van der Waals surface area contributed by atoms with Crippen LogP contribution >= 0.6 is 0 Å². The molecule has 0 bridgehead atoms. The van der Waals surface area contributed by atoms with Crippen molar-refractivity contribution in [2.75, 3.05) is 26.2 Å². The van der Waals surface area contributed by atoms with E-state index in [-0.39, 0.29) is 31.5 Å². The van der Waals surface area contributed by atoms with E-state index in [0.717, 1.165) is 22.3 Å². The first-order valence-electron chi connectivity index (χ1n) is 10.1. The van der Waals surface area contributed by atoms with Crippen molar-refractivity contribution in [3.8, 4) is 11.1 Å². The Morgan fingerprint density at radius 3 is 2.26 bits per heavy atom. The van der Waals surface area contributed by atoms with Crippen LogP contribution in [0.3, 0.4) is 0 Å². The van der Waals surface area contributed by atoms with Crippen molar-refractivity contribution >= 4 is 18.0 Å². The van der Waals surface area contributed by atoms with Crippen LogP contribution in [-0.4, -0.2) is 54.2 Å². The van der Waals surface area contributed by atoms with Crippen LogP contribution in [0.25, 0.3) is 11.1 Å². The Morgan fingerprint density at radius 2 is 1.71 bits per heavy atom. The molecule has 2 aromatic carbocycles. The minimum absolute atomic E-state index is 0.0444. The summed E-state index contributed by atoms with van der Waals surface area (Å²) in [6, 6.07) is 16.1. The average molecular weight is 422 g/mol. The van der Waals surface area contributed by atoms with Crippen LogP contribution in [-0.2, 0) is 14.3 Å². The molecule has 0 aliphatic heterocycles. The molecule has 162 valence electrons. The number of rotatable bonds is 9. The molecule has 0 heterocycles. The maximum absolute atomic E-state index is 12.4. The molecular formula is C24H26N2O5. The fourth-order valence-electron chi connectivity index (χ4n) is 3.84. The zero-order valence-electron chi connectivity index (χ0n) is 17.4. The summed E-state index contributed by atoms with van der Waals surface area (Å²) in [7, 11) is 0. The molecule has 7 heteroatoms. The van der Waals surface area contributed by atoms with Gasteiger partial charge in [-0.15, -0.1) is 6.58 Å². The van der Waals surface area contributed by atoms with Crippen LogP contribution in [0.15, 0.2) is 61.2 Å². The minimum Gasteiger partial charge on any atom is -0.480 e. The Kier molecular flexibility index (Phi) is 7.07. The molecule has 0 fully saturated rings. The first-order chi connectivity index (χ1) is 14.9. The van der Waals surface area contributed by atoms with Gasteiger partial charge in [-0.1, -0.05) is 61.5 Å². The quantitative estimate of drug-likeness (QED) is 0.605. The highest BCUT2D eigenvalue weighted by atomic mass is 16.5. The van der Waals surface area contributed by atoms with Crippen molar-refractivity contribution in [3.05, 3.63) is 72.3 Å². The van der Waals surface area contributed by atoms with E-state index in [0.29, 0.717) is 0 Å². The first kappa shape index (κ1) is 22.1. The second-order valence-corrected chi connectivity index (χ2v) is 7.51. The summed E-state index contributed by atoms with van der Waals surface area (Å²) < 4.78 is 5.46. The van der Waals surface area contributed by atoms with Crippen molar-refractivity contribution < 1.29 is 24.2 Å². The highest BCUT2D eigenvalue weighted by Crippen LogP contribution is 2.44. The van der Waals surface area contributed by atoms with Gasteiger partial charge in [-0.25, -0.2) is 4.79 Å². The molecule has 2 aromatic rings. The van der Waals surface area contributed by atoms with E-state index in [1.54, 1.807) is 6.92 Å². The number of hydrogen-bond acceptors (Lipinski definition) is 4. The van der Waals surface area contributed by atoms with E-state index in [2.05, 4.69) is 24.0 Å². The van der Waals surface area contributed by atoms with Gasteiger partial charge in [0, 0.05) is 19.0 Å². The van der Waals surface area contributed by atoms with Gasteiger partial charge in [0.05, 0.1) is 5.92 Å². The normalized spacial score (nSPS) is 12.9. The number of nitrogens with zero attached hydrogens (tertiary/aromatic N) is 1. The molecule has 0 spiro atoms. The van der Waals surface area contributed by atoms with Gasteiger partial charge in [0.25, 0.3) is 0 Å². The molecule has 0 saturated carbocycles. The average Bonchev–Trinajstić information content (AvgIpc) is 3.08. The van der Waals surface area contributed by atoms with Crippen LogP contribution in [0.2, 0.25) is 0 Å². The number of ether oxygens (including phenoxy) is 1. The van der Waals surface area contributed by atoms with Gasteiger partial charge in [-0.3, -0.25) is 9.59 Å². The van der Waals surface area contributed by atoms with E-state index in [4.69, 9.17) is 9.84 Å². The third-order valence-corrected chi connectivity index (χ3v) is 5.31. The molecule has 31 heavy (non-hydrogen) atoms. The van der Waals surface area contributed by atoms with Crippen molar-refractivity contribution in [2.24, 2.45) is 5.92 Å². The molecule has 0 saturated heterocycles. The highest BCUT2D eigenvalue weighted by molar-refractivity contribution is 5.83. The summed E-state index contributed by atoms with van der Waals surface area (Å²) in [5, 5.41) is 11.6. The number of nitrogens with one attached hydrogen (secondary N) is 1. The Bertz CT molecular complexity index is 942. The third kappa shape index (κ3) is 5.12. The Morgan fingerprint density at radius 1 is 1.13 bits per heavy atom. The Hall–Kier alpha value is -3.61. The second-order valence-electron chi connectivity index (χ2n) is 7.51. The van der Waals surface area contributed by atoms with Gasteiger partial charge in [-0.05, 0) is 22.3 Å². The van der Waals surface area contributed by atoms with Gasteiger partial charge in [-0.2, -0.15) is 0 Å². The van der Waals surface area contributed by atoms with Crippen LogP contribution in [0.1, 0.15) is 24.0 Å². The third-order valence-electron chi connectivity index (χ3n) is 5.31. The SMILES string of the molecule is C=CCN(CC(=O)O)C(=O)C(C)CNC(=O)OCC1c2ccccc2-c2ccccc21. The molecular weight excluding hydrogens is 396 g/mol. The molecule has 0 radical (unpaired) electrons. The minimum atomic E-state index is -1.10. The summed E-state index contributed by atoms with van der Waals surface area (Å²) in [5.74, 6) is -2.12. The lowest BCUT2D eigenvalue weighted by Gasteiger charge is -2.23. The number of amides is 2. The van der Waals surface area contributed by atoms with Crippen LogP contribution < -0.4 is 5.32 Å². The van der Waals surface area contributed by atoms with Crippen molar-refractivity contribution in [1.29, 1.82) is 0 Å². The van der Waals surface area contributed by atoms with Gasteiger partial charge >= 0.3 is 12.1 Å². The van der Waals surface area contributed by atoms with Crippen molar-refractivity contribution in [2.45, 2.75) is 12.8 Å². The number of carboxylic acid groups (broad SMARTS) is 1. The van der Waals surface area contributed by atoms with Crippen LogP contribution in [0.4, 0.5) is 4.79 Å². The largest absolute Gasteiger partial charge is 0.480 e. The molecule has 2 N–H and O–H groups in total. The Labute approximate surface area is 181 Å². The molecule has 1 atom stereocenters. The lowest BCUT2D eigenvalue weighted by atomic mass is 9.98. The van der Waals surface area contributed by atoms with E-state index in [1.807, 2.05) is 36.4 Å². The topological polar surface area (TPSA) is 95.9 Å². The van der Waals surface area contributed by atoms with E-state index in [9.17, 15) is 14.4 Å². The predicted molar refractivity (Wildman–Crippen MR) is 117 cm³/mol. The van der Waals surface area contributed by atoms with Gasteiger partial charge in [0.1, 0.15) is 13.2 Å². The van der Waals surface area contributed by atoms with E-state index in [1.165, 1.54) is 11.0 Å². The lowest BCUT2D eigenvalue weighted by molar-refractivity contribution is -0.145. The molecule has 0 aromatic heterocycles. The van der Waals surface area contributed by atoms with Gasteiger partial charge in [0.15, 0.2) is 0 Å². The summed E-state index contributed by atoms with van der Waals surface area (Å²) in [5.41, 5.74) is 4.53. The van der Waals surface area contributed by atoms with Gasteiger partial charge < -0.3 is 20.1 Å². The molecule has 7 nitrogen and oxygen atoms in total. The number of fused-ring (bicyclic) bond motifs is 3. The molecule has 1 aliphatic rings. The number of carbonyl (C=O) groups excluding carboxylic acids is 2. The highest BCUT2D eigenvalue weighted by Gasteiger charge is 2.29. The number of aliphatic carboxylic acids is 1. The monoisotopic (exact) mass is 422 g/mol. The van der Waals surface area contributed by atoms with Crippen LogP contribution in [0.5, 0.6) is 0 Å². The number of benzene rings is 2.